The Kier molecular flexibility index (Phi) is 4.88. The van der Waals surface area contributed by atoms with Gasteiger partial charge in [0.15, 0.2) is 0 Å². The van der Waals surface area contributed by atoms with Crippen LogP contribution in [0.5, 0.6) is 0 Å². The molecule has 0 amide bonds. The highest BCUT2D eigenvalue weighted by molar-refractivity contribution is 5.81. The normalized spacial score (nSPS) is 32.7. The SMILES string of the molecule is COC(=O)C1(NC2CCCC2)CCC(C(C)C)CC1. The molecule has 19 heavy (non-hydrogen) atoms. The molecule has 2 saturated carbocycles. The summed E-state index contributed by atoms with van der Waals surface area (Å²) in [4.78, 5) is 12.3. The number of hydrogen-bond acceptors (Lipinski definition) is 3. The molecule has 0 aromatic carbocycles. The van der Waals surface area contributed by atoms with E-state index in [1.54, 1.807) is 0 Å². The van der Waals surface area contributed by atoms with Crippen molar-refractivity contribution in [1.82, 2.24) is 5.32 Å². The fourth-order valence-electron chi connectivity index (χ4n) is 3.86. The lowest BCUT2D eigenvalue weighted by atomic mass is 9.72. The van der Waals surface area contributed by atoms with Crippen molar-refractivity contribution in [3.05, 3.63) is 0 Å². The van der Waals surface area contributed by atoms with Gasteiger partial charge in [0.05, 0.1) is 7.11 Å². The molecule has 0 atom stereocenters. The molecule has 2 aliphatic carbocycles. The molecular weight excluding hydrogens is 238 g/mol. The third-order valence-corrected chi connectivity index (χ3v) is 5.24. The van der Waals surface area contributed by atoms with Gasteiger partial charge in [0, 0.05) is 6.04 Å². The molecule has 0 unspecified atom stereocenters. The minimum atomic E-state index is -0.394. The van der Waals surface area contributed by atoms with E-state index in [1.165, 1.54) is 32.8 Å². The molecule has 0 radical (unpaired) electrons. The standard InChI is InChI=1S/C16H29NO2/c1-12(2)13-8-10-16(11-9-13,15(18)19-3)17-14-6-4-5-7-14/h12-14,17H,4-11H2,1-3H3. The van der Waals surface area contributed by atoms with Gasteiger partial charge in [-0.1, -0.05) is 26.7 Å². The van der Waals surface area contributed by atoms with Gasteiger partial charge in [-0.05, 0) is 50.4 Å². The minimum absolute atomic E-state index is 0.0402. The Hall–Kier alpha value is -0.570. The third kappa shape index (κ3) is 3.31. The van der Waals surface area contributed by atoms with Gasteiger partial charge >= 0.3 is 5.97 Å². The second kappa shape index (κ2) is 6.25. The van der Waals surface area contributed by atoms with Crippen LogP contribution in [-0.2, 0) is 9.53 Å². The number of methoxy groups -OCH3 is 1. The Morgan fingerprint density at radius 3 is 2.21 bits per heavy atom. The van der Waals surface area contributed by atoms with Crippen LogP contribution in [0.3, 0.4) is 0 Å². The molecule has 3 heteroatoms. The van der Waals surface area contributed by atoms with Gasteiger partial charge < -0.3 is 4.74 Å². The van der Waals surface area contributed by atoms with Crippen LogP contribution in [0.25, 0.3) is 0 Å². The molecule has 2 fully saturated rings. The topological polar surface area (TPSA) is 38.3 Å². The zero-order chi connectivity index (χ0) is 13.9. The van der Waals surface area contributed by atoms with Crippen LogP contribution >= 0.6 is 0 Å². The molecule has 0 aromatic rings. The summed E-state index contributed by atoms with van der Waals surface area (Å²) in [6.07, 6.45) is 9.20. The molecule has 110 valence electrons. The molecule has 0 aromatic heterocycles. The molecule has 0 heterocycles. The largest absolute Gasteiger partial charge is 0.468 e. The first-order valence-electron chi connectivity index (χ1n) is 7.93. The first-order valence-corrected chi connectivity index (χ1v) is 7.93. The predicted molar refractivity (Wildman–Crippen MR) is 76.9 cm³/mol. The van der Waals surface area contributed by atoms with Gasteiger partial charge in [0.1, 0.15) is 5.54 Å². The molecular formula is C16H29NO2. The van der Waals surface area contributed by atoms with E-state index in [9.17, 15) is 4.79 Å². The van der Waals surface area contributed by atoms with Crippen molar-refractivity contribution >= 4 is 5.97 Å². The fourth-order valence-corrected chi connectivity index (χ4v) is 3.86. The van der Waals surface area contributed by atoms with E-state index in [2.05, 4.69) is 19.2 Å². The number of hydrogen-bond donors (Lipinski definition) is 1. The van der Waals surface area contributed by atoms with Crippen molar-refractivity contribution < 1.29 is 9.53 Å². The van der Waals surface area contributed by atoms with Crippen LogP contribution in [0, 0.1) is 11.8 Å². The lowest BCUT2D eigenvalue weighted by Crippen LogP contribution is -2.57. The lowest BCUT2D eigenvalue weighted by Gasteiger charge is -2.41. The Balaban J connectivity index is 2.02. The summed E-state index contributed by atoms with van der Waals surface area (Å²) in [6.45, 7) is 4.58. The molecule has 0 bridgehead atoms. The monoisotopic (exact) mass is 267 g/mol. The molecule has 2 rings (SSSR count). The first kappa shape index (κ1) is 14.8. The van der Waals surface area contributed by atoms with Crippen molar-refractivity contribution in [2.45, 2.75) is 76.8 Å². The summed E-state index contributed by atoms with van der Waals surface area (Å²) < 4.78 is 5.10. The zero-order valence-electron chi connectivity index (χ0n) is 12.7. The fraction of sp³-hybridized carbons (Fsp3) is 0.938. The van der Waals surface area contributed by atoms with Crippen molar-refractivity contribution in [1.29, 1.82) is 0 Å². The highest BCUT2D eigenvalue weighted by Gasteiger charge is 2.44. The first-order chi connectivity index (χ1) is 9.07. The second-order valence-corrected chi connectivity index (χ2v) is 6.78. The van der Waals surface area contributed by atoms with Crippen LogP contribution < -0.4 is 5.32 Å². The number of nitrogens with one attached hydrogen (secondary N) is 1. The van der Waals surface area contributed by atoms with Gasteiger partial charge in [0.25, 0.3) is 0 Å². The smallest absolute Gasteiger partial charge is 0.326 e. The maximum Gasteiger partial charge on any atom is 0.326 e. The van der Waals surface area contributed by atoms with Crippen LogP contribution in [0.2, 0.25) is 0 Å². The van der Waals surface area contributed by atoms with Gasteiger partial charge in [-0.3, -0.25) is 10.1 Å². The average Bonchev–Trinajstić information content (AvgIpc) is 2.91. The molecule has 0 spiro atoms. The Bertz CT molecular complexity index is 300. The van der Waals surface area contributed by atoms with Crippen molar-refractivity contribution in [2.75, 3.05) is 7.11 Å². The van der Waals surface area contributed by atoms with Crippen LogP contribution in [0.15, 0.2) is 0 Å². The van der Waals surface area contributed by atoms with E-state index in [0.717, 1.165) is 37.5 Å². The number of carbonyl (C=O) groups is 1. The van der Waals surface area contributed by atoms with E-state index in [4.69, 9.17) is 4.74 Å². The summed E-state index contributed by atoms with van der Waals surface area (Å²) in [7, 11) is 1.52. The summed E-state index contributed by atoms with van der Waals surface area (Å²) in [5.74, 6) is 1.45. The van der Waals surface area contributed by atoms with E-state index >= 15 is 0 Å². The molecule has 1 N–H and O–H groups in total. The maximum absolute atomic E-state index is 12.3. The number of ether oxygens (including phenoxy) is 1. The summed E-state index contributed by atoms with van der Waals surface area (Å²) >= 11 is 0. The van der Waals surface area contributed by atoms with Crippen LogP contribution in [0.1, 0.15) is 65.2 Å². The Labute approximate surface area is 117 Å². The third-order valence-electron chi connectivity index (χ3n) is 5.24. The van der Waals surface area contributed by atoms with Gasteiger partial charge in [0.2, 0.25) is 0 Å². The quantitative estimate of drug-likeness (QED) is 0.794. The van der Waals surface area contributed by atoms with Crippen molar-refractivity contribution in [3.63, 3.8) is 0 Å². The van der Waals surface area contributed by atoms with Crippen molar-refractivity contribution in [3.8, 4) is 0 Å². The van der Waals surface area contributed by atoms with Crippen molar-refractivity contribution in [2.24, 2.45) is 11.8 Å². The predicted octanol–water partition coefficient (Wildman–Crippen LogP) is 3.28. The average molecular weight is 267 g/mol. The Morgan fingerprint density at radius 1 is 1.16 bits per heavy atom. The highest BCUT2D eigenvalue weighted by Crippen LogP contribution is 2.37. The summed E-state index contributed by atoms with van der Waals surface area (Å²) in [6, 6.07) is 0.523. The lowest BCUT2D eigenvalue weighted by molar-refractivity contribution is -0.151. The number of carbonyl (C=O) groups excluding carboxylic acids is 1. The molecule has 3 nitrogen and oxygen atoms in total. The molecule has 0 saturated heterocycles. The molecule has 0 aliphatic heterocycles. The van der Waals surface area contributed by atoms with Gasteiger partial charge in [-0.2, -0.15) is 0 Å². The van der Waals surface area contributed by atoms with E-state index in [1.807, 2.05) is 0 Å². The van der Waals surface area contributed by atoms with Crippen LogP contribution in [0.4, 0.5) is 0 Å². The summed E-state index contributed by atoms with van der Waals surface area (Å²) in [5.41, 5.74) is -0.394. The highest BCUT2D eigenvalue weighted by atomic mass is 16.5. The van der Waals surface area contributed by atoms with Gasteiger partial charge in [-0.25, -0.2) is 0 Å². The summed E-state index contributed by atoms with van der Waals surface area (Å²) in [5, 5.41) is 3.67. The maximum atomic E-state index is 12.3. The van der Waals surface area contributed by atoms with Gasteiger partial charge in [-0.15, -0.1) is 0 Å². The van der Waals surface area contributed by atoms with E-state index in [0.29, 0.717) is 6.04 Å². The van der Waals surface area contributed by atoms with Crippen LogP contribution in [-0.4, -0.2) is 24.7 Å². The zero-order valence-corrected chi connectivity index (χ0v) is 12.7. The number of rotatable bonds is 4. The number of esters is 1. The minimum Gasteiger partial charge on any atom is -0.468 e. The van der Waals surface area contributed by atoms with E-state index < -0.39 is 5.54 Å². The molecule has 2 aliphatic rings. The van der Waals surface area contributed by atoms with E-state index in [-0.39, 0.29) is 5.97 Å². The Morgan fingerprint density at radius 2 is 1.74 bits per heavy atom. The second-order valence-electron chi connectivity index (χ2n) is 6.78.